The van der Waals surface area contributed by atoms with Crippen LogP contribution in [0.2, 0.25) is 0 Å². The summed E-state index contributed by atoms with van der Waals surface area (Å²) in [6.07, 6.45) is 21.3. The maximum atomic E-state index is 13.2. The average molecular weight is 655 g/mol. The van der Waals surface area contributed by atoms with Crippen LogP contribution in [-0.4, -0.2) is 23.8 Å². The number of carbonyl (C=O) groups excluding carboxylic acids is 2. The number of Topliss-reactive ketones (excluding diaryl/α,β-unsaturated/α-hetero) is 2. The molecule has 0 N–H and O–H groups in total. The monoisotopic (exact) mass is 654 g/mol. The summed E-state index contributed by atoms with van der Waals surface area (Å²) >= 11 is 0. The normalized spacial score (nSPS) is 20.9. The molecule has 2 fully saturated rings. The van der Waals surface area contributed by atoms with Gasteiger partial charge >= 0.3 is 0 Å². The minimum atomic E-state index is -0.128. The smallest absolute Gasteiger partial charge is 0.162 e. The van der Waals surface area contributed by atoms with Crippen LogP contribution in [0.15, 0.2) is 72.3 Å². The lowest BCUT2D eigenvalue weighted by atomic mass is 9.86. The number of hydrogen-bond acceptors (Lipinski definition) is 4. The van der Waals surface area contributed by atoms with Gasteiger partial charge in [-0.15, -0.1) is 0 Å². The Morgan fingerprint density at radius 1 is 0.771 bits per heavy atom. The van der Waals surface area contributed by atoms with Gasteiger partial charge in [0.2, 0.25) is 0 Å². The molecule has 4 heteroatoms. The van der Waals surface area contributed by atoms with Gasteiger partial charge in [-0.1, -0.05) is 83.7 Å². The molecule has 4 rings (SSSR count). The second-order valence-corrected chi connectivity index (χ2v) is 14.8. The first-order chi connectivity index (χ1) is 23.2. The largest absolute Gasteiger partial charge is 0.490 e. The Labute approximate surface area is 291 Å². The van der Waals surface area contributed by atoms with E-state index in [0.717, 1.165) is 62.4 Å². The van der Waals surface area contributed by atoms with Gasteiger partial charge in [0, 0.05) is 17.9 Å². The van der Waals surface area contributed by atoms with Gasteiger partial charge in [0.1, 0.15) is 11.5 Å². The molecule has 2 aromatic rings. The van der Waals surface area contributed by atoms with Gasteiger partial charge in [-0.05, 0) is 136 Å². The van der Waals surface area contributed by atoms with Gasteiger partial charge in [-0.2, -0.15) is 0 Å². The van der Waals surface area contributed by atoms with E-state index in [-0.39, 0.29) is 23.4 Å². The van der Waals surface area contributed by atoms with Crippen LogP contribution in [0.3, 0.4) is 0 Å². The molecule has 48 heavy (non-hydrogen) atoms. The highest BCUT2D eigenvalue weighted by Gasteiger charge is 2.22. The van der Waals surface area contributed by atoms with E-state index in [1.807, 2.05) is 13.8 Å². The Morgan fingerprint density at radius 3 is 1.90 bits per heavy atom. The van der Waals surface area contributed by atoms with Crippen molar-refractivity contribution in [1.82, 2.24) is 0 Å². The molecule has 2 aliphatic rings. The fourth-order valence-corrected chi connectivity index (χ4v) is 7.36. The lowest BCUT2D eigenvalue weighted by molar-refractivity contribution is -0.118. The van der Waals surface area contributed by atoms with Crippen LogP contribution in [0.25, 0.3) is 0 Å². The lowest BCUT2D eigenvalue weighted by Crippen LogP contribution is -2.23. The summed E-state index contributed by atoms with van der Waals surface area (Å²) in [5.41, 5.74) is 3.44. The van der Waals surface area contributed by atoms with Crippen LogP contribution in [0.5, 0.6) is 11.5 Å². The molecule has 0 aromatic heterocycles. The van der Waals surface area contributed by atoms with E-state index in [9.17, 15) is 9.59 Å². The van der Waals surface area contributed by atoms with Gasteiger partial charge in [0.15, 0.2) is 11.6 Å². The zero-order valence-electron chi connectivity index (χ0n) is 30.4. The summed E-state index contributed by atoms with van der Waals surface area (Å²) in [5, 5.41) is 0. The summed E-state index contributed by atoms with van der Waals surface area (Å²) in [7, 11) is 0. The summed E-state index contributed by atoms with van der Waals surface area (Å²) in [5.74, 6) is 2.95. The molecule has 0 aliphatic heterocycles. The van der Waals surface area contributed by atoms with Crippen LogP contribution in [0.1, 0.15) is 147 Å². The summed E-state index contributed by atoms with van der Waals surface area (Å²) in [4.78, 5) is 26.1. The number of carbonyl (C=O) groups is 2. The van der Waals surface area contributed by atoms with E-state index < -0.39 is 0 Å². The van der Waals surface area contributed by atoms with E-state index in [2.05, 4.69) is 69.0 Å². The SMILES string of the molecule is C=C(C=C(C)C(=O)C(C)CCc1ccc(OC2CCCCCCCC2)cc1)C(=O)CCC(C)c1ccc(OC2CCC(CC)CC2)cc1. The number of ketones is 2. The highest BCUT2D eigenvalue weighted by molar-refractivity contribution is 6.02. The van der Waals surface area contributed by atoms with Gasteiger partial charge < -0.3 is 9.47 Å². The van der Waals surface area contributed by atoms with E-state index in [0.29, 0.717) is 29.8 Å². The van der Waals surface area contributed by atoms with Gasteiger partial charge in [-0.25, -0.2) is 0 Å². The van der Waals surface area contributed by atoms with E-state index in [1.54, 1.807) is 6.08 Å². The van der Waals surface area contributed by atoms with Crippen molar-refractivity contribution in [3.8, 4) is 11.5 Å². The number of aryl methyl sites for hydroxylation is 1. The van der Waals surface area contributed by atoms with Crippen molar-refractivity contribution in [2.45, 2.75) is 155 Å². The van der Waals surface area contributed by atoms with Crippen LogP contribution in [0.4, 0.5) is 0 Å². The molecule has 0 bridgehead atoms. The number of rotatable bonds is 16. The van der Waals surface area contributed by atoms with Crippen molar-refractivity contribution in [3.63, 3.8) is 0 Å². The quantitative estimate of drug-likeness (QED) is 0.133. The van der Waals surface area contributed by atoms with Crippen molar-refractivity contribution in [1.29, 1.82) is 0 Å². The Kier molecular flexibility index (Phi) is 15.5. The molecule has 2 unspecified atom stereocenters. The first-order valence-electron chi connectivity index (χ1n) is 19.2. The molecule has 0 radical (unpaired) electrons. The number of ether oxygens (including phenoxy) is 2. The predicted molar refractivity (Wildman–Crippen MR) is 199 cm³/mol. The van der Waals surface area contributed by atoms with Crippen LogP contribution in [0, 0.1) is 11.8 Å². The molecule has 2 saturated carbocycles. The molecule has 262 valence electrons. The van der Waals surface area contributed by atoms with Gasteiger partial charge in [0.25, 0.3) is 0 Å². The Morgan fingerprint density at radius 2 is 1.31 bits per heavy atom. The molecule has 0 heterocycles. The Balaban J connectivity index is 1.16. The van der Waals surface area contributed by atoms with E-state index >= 15 is 0 Å². The topological polar surface area (TPSA) is 52.6 Å². The van der Waals surface area contributed by atoms with Crippen LogP contribution >= 0.6 is 0 Å². The highest BCUT2D eigenvalue weighted by atomic mass is 16.5. The van der Waals surface area contributed by atoms with Gasteiger partial charge in [-0.3, -0.25) is 9.59 Å². The molecular formula is C44H62O4. The maximum Gasteiger partial charge on any atom is 0.162 e. The van der Waals surface area contributed by atoms with Crippen molar-refractivity contribution >= 4 is 11.6 Å². The third-order valence-corrected chi connectivity index (χ3v) is 10.9. The summed E-state index contributed by atoms with van der Waals surface area (Å²) in [6, 6.07) is 16.8. The third kappa shape index (κ3) is 12.4. The van der Waals surface area contributed by atoms with Crippen molar-refractivity contribution in [2.24, 2.45) is 11.8 Å². The van der Waals surface area contributed by atoms with Crippen LogP contribution < -0.4 is 9.47 Å². The van der Waals surface area contributed by atoms with Crippen molar-refractivity contribution < 1.29 is 19.1 Å². The number of hydrogen-bond donors (Lipinski definition) is 0. The zero-order chi connectivity index (χ0) is 34.3. The molecule has 2 aliphatic carbocycles. The lowest BCUT2D eigenvalue weighted by Gasteiger charge is -2.28. The molecular weight excluding hydrogens is 592 g/mol. The molecule has 2 aromatic carbocycles. The number of allylic oxidation sites excluding steroid dienone is 3. The van der Waals surface area contributed by atoms with E-state index in [4.69, 9.17) is 9.47 Å². The zero-order valence-corrected chi connectivity index (χ0v) is 30.4. The van der Waals surface area contributed by atoms with E-state index in [1.165, 1.54) is 68.9 Å². The third-order valence-electron chi connectivity index (χ3n) is 10.9. The molecule has 0 spiro atoms. The minimum absolute atomic E-state index is 0.00144. The highest BCUT2D eigenvalue weighted by Crippen LogP contribution is 2.31. The summed E-state index contributed by atoms with van der Waals surface area (Å²) < 4.78 is 12.6. The average Bonchev–Trinajstić information content (AvgIpc) is 3.24. The number of benzene rings is 2. The van der Waals surface area contributed by atoms with Crippen LogP contribution in [-0.2, 0) is 16.0 Å². The second-order valence-electron chi connectivity index (χ2n) is 14.8. The van der Waals surface area contributed by atoms with Crippen molar-refractivity contribution in [3.05, 3.63) is 83.5 Å². The Hall–Kier alpha value is -3.14. The molecule has 2 atom stereocenters. The molecule has 0 amide bonds. The Bertz CT molecular complexity index is 1300. The summed E-state index contributed by atoms with van der Waals surface area (Å²) in [6.45, 7) is 12.2. The maximum absolute atomic E-state index is 13.2. The molecule has 0 saturated heterocycles. The molecule has 4 nitrogen and oxygen atoms in total. The minimum Gasteiger partial charge on any atom is -0.490 e. The standard InChI is InChI=1S/C44H62O4/c1-6-36-18-24-40(25-19-36)48-42-28-22-38(23-29-42)32(2)16-30-43(45)34(4)31-35(5)44(46)33(3)15-17-37-20-26-41(27-21-37)47-39-13-11-9-7-8-10-12-14-39/h20-23,26-29,31-33,36,39-40H,4,6-19,24-25,30H2,1-3,5H3. The second kappa shape index (κ2) is 19.8. The van der Waals surface area contributed by atoms with Crippen molar-refractivity contribution in [2.75, 3.05) is 0 Å². The van der Waals surface area contributed by atoms with Gasteiger partial charge in [0.05, 0.1) is 12.2 Å². The predicted octanol–water partition coefficient (Wildman–Crippen LogP) is 11.7. The fraction of sp³-hybridized carbons (Fsp3) is 0.591. The first-order valence-corrected chi connectivity index (χ1v) is 19.2. The fourth-order valence-electron chi connectivity index (χ4n) is 7.36. The first kappa shape index (κ1) is 37.7.